The van der Waals surface area contributed by atoms with E-state index in [1.54, 1.807) is 0 Å². The molecule has 2 aliphatic carbocycles. The molecule has 0 aromatic heterocycles. The fraction of sp³-hybridized carbons (Fsp3) is 0.200. The Balaban J connectivity index is 1.70. The van der Waals surface area contributed by atoms with Gasteiger partial charge in [0.15, 0.2) is 0 Å². The monoisotopic (exact) mass is 559 g/mol. The third kappa shape index (κ3) is 2.66. The molecule has 6 heteroatoms. The molecule has 0 amide bonds. The van der Waals surface area contributed by atoms with E-state index >= 15 is 0 Å². The SMILES string of the molecule is [SH][Zr]([Cl])([Cl])([c]1cccc2c1C1C(=C2)CSC1Br)[CH]1C=Cc2ccccc21. The molecule has 5 rings (SSSR count). The standard InChI is InChI=1S/C11H8BrS.C9H7.2ClH.H2S.Zr/c12-11-10-8(6-13-11)5-7-3-1-2-4-9(7)10;1-2-5-9-7-3-6-8(9)4-1;;;;/h1-3,5,10-11H,6H2;1-7H;2*1H;1H2;/q;;;;;+3/p-3. The van der Waals surface area contributed by atoms with Gasteiger partial charge in [-0.15, -0.1) is 0 Å². The maximum atomic E-state index is 7.42. The van der Waals surface area contributed by atoms with E-state index < -0.39 is 14.9 Å². The van der Waals surface area contributed by atoms with Gasteiger partial charge in [0.25, 0.3) is 0 Å². The summed E-state index contributed by atoms with van der Waals surface area (Å²) in [6, 6.07) is 14.8. The molecule has 3 atom stereocenters. The molecule has 1 saturated heterocycles. The van der Waals surface area contributed by atoms with Gasteiger partial charge in [-0.2, -0.15) is 0 Å². The van der Waals surface area contributed by atoms with Gasteiger partial charge in [-0.25, -0.2) is 0 Å². The van der Waals surface area contributed by atoms with Crippen molar-refractivity contribution in [3.05, 3.63) is 76.4 Å². The van der Waals surface area contributed by atoms with Crippen molar-refractivity contribution in [3.63, 3.8) is 0 Å². The van der Waals surface area contributed by atoms with Crippen LogP contribution >= 0.6 is 54.1 Å². The second-order valence-electron chi connectivity index (χ2n) is 7.17. The molecule has 3 aliphatic rings. The van der Waals surface area contributed by atoms with Crippen LogP contribution in [0, 0.1) is 0 Å². The summed E-state index contributed by atoms with van der Waals surface area (Å²) >= 11 is 1.17. The van der Waals surface area contributed by atoms with Crippen molar-refractivity contribution < 1.29 is 14.9 Å². The molecule has 2 aromatic rings. The van der Waals surface area contributed by atoms with Crippen LogP contribution in [0.1, 0.15) is 31.8 Å². The first-order chi connectivity index (χ1) is 12.4. The fourth-order valence-electron chi connectivity index (χ4n) is 4.47. The molecule has 0 N–H and O–H groups in total. The van der Waals surface area contributed by atoms with Crippen molar-refractivity contribution in [3.8, 4) is 0 Å². The molecule has 2 aromatic carbocycles. The van der Waals surface area contributed by atoms with Crippen molar-refractivity contribution in [1.82, 2.24) is 0 Å². The second-order valence-corrected chi connectivity index (χ2v) is 36.9. The molecule has 1 heterocycles. The van der Waals surface area contributed by atoms with Gasteiger partial charge in [-0.3, -0.25) is 0 Å². The summed E-state index contributed by atoms with van der Waals surface area (Å²) in [7, 11) is 20.0. The Labute approximate surface area is 178 Å². The number of thiol groups is 1. The minimum absolute atomic E-state index is 0.0160. The van der Waals surface area contributed by atoms with Crippen molar-refractivity contribution in [2.45, 2.75) is 13.7 Å². The van der Waals surface area contributed by atoms with Crippen molar-refractivity contribution >= 4 is 69.5 Å². The average Bonchev–Trinajstić information content (AvgIpc) is 3.28. The number of thioether (sulfide) groups is 1. The summed E-state index contributed by atoms with van der Waals surface area (Å²) in [5, 5.41) is 0. The predicted molar refractivity (Wildman–Crippen MR) is 121 cm³/mol. The normalized spacial score (nSPS) is 27.5. The molecule has 1 fully saturated rings. The number of allylic oxidation sites excluding steroid dienone is 1. The Morgan fingerprint density at radius 1 is 1.08 bits per heavy atom. The number of halogens is 3. The summed E-state index contributed by atoms with van der Waals surface area (Å²) in [4.78, 5) is 0. The molecular formula is C20H16BrCl2S2Zr. The third-order valence-electron chi connectivity index (χ3n) is 5.67. The van der Waals surface area contributed by atoms with E-state index in [0.717, 1.165) is 9.02 Å². The molecule has 26 heavy (non-hydrogen) atoms. The van der Waals surface area contributed by atoms with Crippen LogP contribution in [0.3, 0.4) is 0 Å². The van der Waals surface area contributed by atoms with Gasteiger partial charge >= 0.3 is 180 Å². The first-order valence-corrected chi connectivity index (χ1v) is 23.2. The predicted octanol–water partition coefficient (Wildman–Crippen LogP) is 6.87. The zero-order valence-electron chi connectivity index (χ0n) is 13.7. The van der Waals surface area contributed by atoms with Crippen molar-refractivity contribution in [1.29, 1.82) is 0 Å². The molecule has 3 unspecified atom stereocenters. The van der Waals surface area contributed by atoms with Crippen LogP contribution in [-0.2, 0) is 14.9 Å². The zero-order chi connectivity index (χ0) is 18.1. The van der Waals surface area contributed by atoms with Gasteiger partial charge in [-0.1, -0.05) is 0 Å². The molecule has 0 bridgehead atoms. The van der Waals surface area contributed by atoms with Crippen LogP contribution in [0.25, 0.3) is 12.2 Å². The molecule has 133 valence electrons. The Bertz CT molecular complexity index is 993. The fourth-order valence-corrected chi connectivity index (χ4v) is 20.0. The van der Waals surface area contributed by atoms with E-state index in [1.165, 1.54) is 27.8 Å². The molecule has 0 radical (unpaired) electrons. The Morgan fingerprint density at radius 3 is 2.69 bits per heavy atom. The second kappa shape index (κ2) is 6.28. The van der Waals surface area contributed by atoms with Gasteiger partial charge < -0.3 is 0 Å². The average molecular weight is 563 g/mol. The first-order valence-electron chi connectivity index (χ1n) is 8.54. The Hall–Kier alpha value is 0.563. The van der Waals surface area contributed by atoms with E-state index in [1.807, 2.05) is 11.8 Å². The number of fused-ring (bicyclic) bond motifs is 4. The zero-order valence-corrected chi connectivity index (χ0v) is 21.0. The third-order valence-corrected chi connectivity index (χ3v) is 23.6. The van der Waals surface area contributed by atoms with E-state index in [9.17, 15) is 0 Å². The molecule has 1 aliphatic heterocycles. The molecule has 0 spiro atoms. The molecule has 0 nitrogen and oxygen atoms in total. The minimum atomic E-state index is -4.64. The maximum absolute atomic E-state index is 7.42. The number of hydrogen-bond donors (Lipinski definition) is 1. The van der Waals surface area contributed by atoms with Gasteiger partial charge in [0.1, 0.15) is 0 Å². The van der Waals surface area contributed by atoms with Gasteiger partial charge in [-0.05, 0) is 0 Å². The van der Waals surface area contributed by atoms with Crippen LogP contribution in [0.15, 0.2) is 54.1 Å². The summed E-state index contributed by atoms with van der Waals surface area (Å²) in [5.74, 6) is 1.41. The topological polar surface area (TPSA) is 0 Å². The van der Waals surface area contributed by atoms with Crippen LogP contribution in [0.4, 0.5) is 0 Å². The van der Waals surface area contributed by atoms with Gasteiger partial charge in [0, 0.05) is 0 Å². The number of rotatable bonds is 2. The quantitative estimate of drug-likeness (QED) is 0.308. The number of alkyl halides is 1. The first kappa shape index (κ1) is 18.6. The summed E-state index contributed by atoms with van der Waals surface area (Å²) in [6.07, 6.45) is 6.63. The summed E-state index contributed by atoms with van der Waals surface area (Å²) < 4.78 is 1.46. The van der Waals surface area contributed by atoms with Gasteiger partial charge in [0.2, 0.25) is 0 Å². The van der Waals surface area contributed by atoms with Crippen molar-refractivity contribution in [2.75, 3.05) is 5.75 Å². The number of hydrogen-bond acceptors (Lipinski definition) is 2. The number of benzene rings is 2. The van der Waals surface area contributed by atoms with Crippen LogP contribution in [-0.4, -0.2) is 9.91 Å². The summed E-state index contributed by atoms with van der Waals surface area (Å²) in [6.45, 7) is 0. The summed E-state index contributed by atoms with van der Waals surface area (Å²) in [5.41, 5.74) is 6.44. The van der Waals surface area contributed by atoms with Crippen molar-refractivity contribution in [2.24, 2.45) is 0 Å². The van der Waals surface area contributed by atoms with Crippen LogP contribution < -0.4 is 3.27 Å². The van der Waals surface area contributed by atoms with E-state index in [-0.39, 0.29) is 3.63 Å². The Morgan fingerprint density at radius 2 is 1.85 bits per heavy atom. The van der Waals surface area contributed by atoms with Gasteiger partial charge in [0.05, 0.1) is 0 Å². The van der Waals surface area contributed by atoms with Crippen LogP contribution in [0.5, 0.6) is 0 Å². The van der Waals surface area contributed by atoms with Crippen LogP contribution in [0.2, 0.25) is 0 Å². The Kier molecular flexibility index (Phi) is 4.49. The van der Waals surface area contributed by atoms with E-state index in [0.29, 0.717) is 10.1 Å². The molecule has 0 saturated carbocycles. The molecular weight excluding hydrogens is 546 g/mol. The van der Waals surface area contributed by atoms with E-state index in [2.05, 4.69) is 76.6 Å². The van der Waals surface area contributed by atoms with E-state index in [4.69, 9.17) is 26.4 Å².